The quantitative estimate of drug-likeness (QED) is 0.602. The zero-order valence-electron chi connectivity index (χ0n) is 5.23. The second kappa shape index (κ2) is 3.78. The Morgan fingerprint density at radius 3 is 2.00 bits per heavy atom. The zero-order chi connectivity index (χ0) is 8.20. The number of aliphatic hydroxyl groups is 2. The predicted molar refractivity (Wildman–Crippen MR) is 28.1 cm³/mol. The summed E-state index contributed by atoms with van der Waals surface area (Å²) in [6, 6.07) is 0. The van der Waals surface area contributed by atoms with Gasteiger partial charge in [0.2, 0.25) is 0 Å². The Labute approximate surface area is 56.3 Å². The van der Waals surface area contributed by atoms with Crippen LogP contribution in [0.2, 0.25) is 0 Å². The average Bonchev–Trinajstić information content (AvgIpc) is 1.59. The molecule has 0 spiro atoms. The summed E-state index contributed by atoms with van der Waals surface area (Å²) < 4.78 is 34.0. The fourth-order valence-electron chi connectivity index (χ4n) is 0.485. The zero-order valence-corrected chi connectivity index (χ0v) is 5.23. The van der Waals surface area contributed by atoms with E-state index in [0.717, 1.165) is 0 Å². The van der Waals surface area contributed by atoms with Crippen LogP contribution in [0.3, 0.4) is 0 Å². The van der Waals surface area contributed by atoms with Gasteiger partial charge >= 0.3 is 6.18 Å². The van der Waals surface area contributed by atoms with Gasteiger partial charge in [0, 0.05) is 6.42 Å². The molecule has 0 saturated heterocycles. The summed E-state index contributed by atoms with van der Waals surface area (Å²) in [6.07, 6.45) is -7.22. The third-order valence-electron chi connectivity index (χ3n) is 0.923. The first-order valence-electron chi connectivity index (χ1n) is 2.85. The first kappa shape index (κ1) is 9.71. The number of aliphatic hydroxyl groups excluding tert-OH is 1. The van der Waals surface area contributed by atoms with Crippen LogP contribution in [0.1, 0.15) is 19.3 Å². The Kier molecular flexibility index (Phi) is 3.67. The molecule has 0 radical (unpaired) electrons. The first-order chi connectivity index (χ1) is 4.42. The minimum absolute atomic E-state index is 0.223. The molecular formula is C5H9F3O2. The Hall–Kier alpha value is -0.290. The van der Waals surface area contributed by atoms with Gasteiger partial charge in [-0.25, -0.2) is 0 Å². The Morgan fingerprint density at radius 2 is 1.70 bits per heavy atom. The molecule has 10 heavy (non-hydrogen) atoms. The van der Waals surface area contributed by atoms with Gasteiger partial charge in [-0.1, -0.05) is 0 Å². The van der Waals surface area contributed by atoms with Crippen molar-refractivity contribution in [2.45, 2.75) is 31.7 Å². The highest BCUT2D eigenvalue weighted by Crippen LogP contribution is 2.22. The number of hydrogen-bond acceptors (Lipinski definition) is 2. The average molecular weight is 158 g/mol. The van der Waals surface area contributed by atoms with Crippen LogP contribution < -0.4 is 0 Å². The summed E-state index contributed by atoms with van der Waals surface area (Å²) in [4.78, 5) is 0. The molecule has 0 rings (SSSR count). The summed E-state index contributed by atoms with van der Waals surface area (Å²) >= 11 is 0. The molecule has 0 aliphatic rings. The number of rotatable bonds is 3. The highest BCUT2D eigenvalue weighted by Gasteiger charge is 2.26. The molecule has 0 aliphatic carbocycles. The number of hydrogen-bond donors (Lipinski definition) is 2. The third kappa shape index (κ3) is 7.71. The van der Waals surface area contributed by atoms with Gasteiger partial charge in [-0.3, -0.25) is 0 Å². The predicted octanol–water partition coefficient (Wildman–Crippen LogP) is 1.03. The third-order valence-corrected chi connectivity index (χ3v) is 0.923. The Bertz CT molecular complexity index is 89.4. The molecule has 5 heteroatoms. The van der Waals surface area contributed by atoms with Crippen LogP contribution in [0.25, 0.3) is 0 Å². The van der Waals surface area contributed by atoms with E-state index in [0.29, 0.717) is 0 Å². The molecule has 62 valence electrons. The fourth-order valence-corrected chi connectivity index (χ4v) is 0.485. The van der Waals surface area contributed by atoms with Crippen molar-refractivity contribution in [1.29, 1.82) is 0 Å². The van der Waals surface area contributed by atoms with E-state index in [2.05, 4.69) is 0 Å². The van der Waals surface area contributed by atoms with E-state index < -0.39 is 18.9 Å². The van der Waals surface area contributed by atoms with E-state index in [1.807, 2.05) is 0 Å². The fraction of sp³-hybridized carbons (Fsp3) is 1.00. The van der Waals surface area contributed by atoms with Crippen LogP contribution in [-0.4, -0.2) is 22.7 Å². The van der Waals surface area contributed by atoms with E-state index >= 15 is 0 Å². The SMILES string of the molecule is OC(O)CCCC(F)(F)F. The molecule has 0 fully saturated rings. The monoisotopic (exact) mass is 158 g/mol. The Balaban J connectivity index is 3.21. The van der Waals surface area contributed by atoms with Gasteiger partial charge in [-0.05, 0) is 12.8 Å². The second-order valence-electron chi connectivity index (χ2n) is 1.99. The van der Waals surface area contributed by atoms with Crippen LogP contribution in [0.4, 0.5) is 13.2 Å². The van der Waals surface area contributed by atoms with Crippen molar-refractivity contribution >= 4 is 0 Å². The van der Waals surface area contributed by atoms with Gasteiger partial charge in [0.1, 0.15) is 0 Å². The maximum Gasteiger partial charge on any atom is 0.389 e. The molecule has 0 aromatic rings. The largest absolute Gasteiger partial charge is 0.389 e. The van der Waals surface area contributed by atoms with Gasteiger partial charge in [0.05, 0.1) is 0 Å². The molecule has 0 heterocycles. The van der Waals surface area contributed by atoms with Crippen molar-refractivity contribution < 1.29 is 23.4 Å². The molecule has 0 saturated carbocycles. The molecule has 2 nitrogen and oxygen atoms in total. The van der Waals surface area contributed by atoms with E-state index in [1.165, 1.54) is 0 Å². The number of halogens is 3. The van der Waals surface area contributed by atoms with Gasteiger partial charge in [0.25, 0.3) is 0 Å². The van der Waals surface area contributed by atoms with Crippen LogP contribution in [0.5, 0.6) is 0 Å². The van der Waals surface area contributed by atoms with Crippen molar-refractivity contribution in [3.8, 4) is 0 Å². The van der Waals surface area contributed by atoms with Crippen molar-refractivity contribution in [1.82, 2.24) is 0 Å². The van der Waals surface area contributed by atoms with E-state index in [-0.39, 0.29) is 12.8 Å². The molecular weight excluding hydrogens is 149 g/mol. The molecule has 0 aliphatic heterocycles. The smallest absolute Gasteiger partial charge is 0.368 e. The highest BCUT2D eigenvalue weighted by atomic mass is 19.4. The topological polar surface area (TPSA) is 40.5 Å². The summed E-state index contributed by atoms with van der Waals surface area (Å²) in [5, 5.41) is 16.3. The van der Waals surface area contributed by atoms with Crippen LogP contribution in [-0.2, 0) is 0 Å². The second-order valence-corrected chi connectivity index (χ2v) is 1.99. The molecule has 0 unspecified atom stereocenters. The lowest BCUT2D eigenvalue weighted by molar-refractivity contribution is -0.139. The maximum absolute atomic E-state index is 11.3. The minimum atomic E-state index is -4.19. The van der Waals surface area contributed by atoms with Crippen molar-refractivity contribution in [3.63, 3.8) is 0 Å². The van der Waals surface area contributed by atoms with E-state index in [1.54, 1.807) is 0 Å². The minimum Gasteiger partial charge on any atom is -0.368 e. The summed E-state index contributed by atoms with van der Waals surface area (Å²) in [6.45, 7) is 0. The lowest BCUT2D eigenvalue weighted by Gasteiger charge is -2.05. The molecule has 0 aromatic heterocycles. The van der Waals surface area contributed by atoms with Crippen molar-refractivity contribution in [2.75, 3.05) is 0 Å². The summed E-state index contributed by atoms with van der Waals surface area (Å²) in [7, 11) is 0. The van der Waals surface area contributed by atoms with Gasteiger partial charge in [-0.15, -0.1) is 0 Å². The highest BCUT2D eigenvalue weighted by molar-refractivity contribution is 4.51. The van der Waals surface area contributed by atoms with E-state index in [9.17, 15) is 13.2 Å². The molecule has 0 atom stereocenters. The van der Waals surface area contributed by atoms with Crippen LogP contribution in [0, 0.1) is 0 Å². The number of alkyl halides is 3. The van der Waals surface area contributed by atoms with Crippen molar-refractivity contribution in [2.24, 2.45) is 0 Å². The molecule has 0 amide bonds. The van der Waals surface area contributed by atoms with Gasteiger partial charge in [0.15, 0.2) is 6.29 Å². The van der Waals surface area contributed by atoms with Crippen LogP contribution in [0.15, 0.2) is 0 Å². The van der Waals surface area contributed by atoms with Crippen molar-refractivity contribution in [3.05, 3.63) is 0 Å². The molecule has 0 aromatic carbocycles. The molecule has 2 N–H and O–H groups in total. The summed E-state index contributed by atoms with van der Waals surface area (Å²) in [5.41, 5.74) is 0. The first-order valence-corrected chi connectivity index (χ1v) is 2.85. The standard InChI is InChI=1S/C5H9F3O2/c6-5(7,8)3-1-2-4(9)10/h4,9-10H,1-3H2. The van der Waals surface area contributed by atoms with Gasteiger partial charge in [-0.2, -0.15) is 13.2 Å². The van der Waals surface area contributed by atoms with E-state index in [4.69, 9.17) is 10.2 Å². The summed E-state index contributed by atoms with van der Waals surface area (Å²) in [5.74, 6) is 0. The van der Waals surface area contributed by atoms with Gasteiger partial charge < -0.3 is 10.2 Å². The maximum atomic E-state index is 11.3. The lowest BCUT2D eigenvalue weighted by atomic mass is 10.2. The Morgan fingerprint density at radius 1 is 1.20 bits per heavy atom. The lowest BCUT2D eigenvalue weighted by Crippen LogP contribution is -2.10. The molecule has 0 bridgehead atoms. The van der Waals surface area contributed by atoms with Crippen LogP contribution >= 0.6 is 0 Å². The normalized spacial score (nSPS) is 12.6.